The highest BCUT2D eigenvalue weighted by Gasteiger charge is 2.24. The molecule has 1 aliphatic heterocycles. The molecule has 4 rings (SSSR count). The molecule has 0 atom stereocenters. The lowest BCUT2D eigenvalue weighted by molar-refractivity contribution is -0.119. The highest BCUT2D eigenvalue weighted by molar-refractivity contribution is 6.04. The number of hydrogen-bond donors (Lipinski definition) is 0. The van der Waals surface area contributed by atoms with E-state index in [1.807, 2.05) is 55.1 Å². The number of likely N-dealkylation sites (N-methyl/N-ethyl adjacent to an activating group) is 1. The largest absolute Gasteiger partial charge is 0.492 e. The number of benzene rings is 3. The Kier molecular flexibility index (Phi) is 6.73. The third kappa shape index (κ3) is 4.67. The Morgan fingerprint density at radius 2 is 1.61 bits per heavy atom. The second-order valence-corrected chi connectivity index (χ2v) is 7.80. The van der Waals surface area contributed by atoms with Crippen molar-refractivity contribution in [3.63, 3.8) is 0 Å². The number of hydrogen-bond acceptors (Lipinski definition) is 4. The van der Waals surface area contributed by atoms with Gasteiger partial charge in [0.2, 0.25) is 5.91 Å². The van der Waals surface area contributed by atoms with Crippen molar-refractivity contribution < 1.29 is 9.53 Å². The zero-order valence-electron chi connectivity index (χ0n) is 18.5. The van der Waals surface area contributed by atoms with Crippen LogP contribution in [0.3, 0.4) is 0 Å². The summed E-state index contributed by atoms with van der Waals surface area (Å²) in [4.78, 5) is 19.8. The summed E-state index contributed by atoms with van der Waals surface area (Å²) >= 11 is 0. The predicted molar refractivity (Wildman–Crippen MR) is 128 cm³/mol. The molecule has 162 valence electrons. The topological polar surface area (TPSA) is 36.0 Å². The van der Waals surface area contributed by atoms with E-state index in [0.29, 0.717) is 19.7 Å². The van der Waals surface area contributed by atoms with Gasteiger partial charge in [-0.05, 0) is 37.4 Å². The van der Waals surface area contributed by atoms with Crippen LogP contribution in [0.15, 0.2) is 66.7 Å². The molecule has 1 aliphatic rings. The molecule has 3 aromatic rings. The molecule has 0 radical (unpaired) electrons. The lowest BCUT2D eigenvalue weighted by Gasteiger charge is -2.37. The molecule has 0 unspecified atom stereocenters. The van der Waals surface area contributed by atoms with Crippen LogP contribution in [0.2, 0.25) is 0 Å². The van der Waals surface area contributed by atoms with E-state index in [1.165, 1.54) is 0 Å². The lowest BCUT2D eigenvalue weighted by atomic mass is 10.1. The van der Waals surface area contributed by atoms with Crippen LogP contribution < -0.4 is 14.5 Å². The summed E-state index contributed by atoms with van der Waals surface area (Å²) < 4.78 is 5.80. The van der Waals surface area contributed by atoms with Crippen molar-refractivity contribution in [2.45, 2.75) is 13.8 Å². The molecule has 0 spiro atoms. The molecule has 1 saturated heterocycles. The summed E-state index contributed by atoms with van der Waals surface area (Å²) in [5.41, 5.74) is 2.14. The van der Waals surface area contributed by atoms with Crippen molar-refractivity contribution in [2.75, 3.05) is 55.7 Å². The Morgan fingerprint density at radius 1 is 0.903 bits per heavy atom. The van der Waals surface area contributed by atoms with Crippen LogP contribution in [0.4, 0.5) is 11.4 Å². The Balaban J connectivity index is 1.42. The number of fused-ring (bicyclic) bond motifs is 1. The highest BCUT2D eigenvalue weighted by atomic mass is 16.5. The Morgan fingerprint density at radius 3 is 2.39 bits per heavy atom. The van der Waals surface area contributed by atoms with E-state index in [0.717, 1.165) is 54.1 Å². The Labute approximate surface area is 184 Å². The van der Waals surface area contributed by atoms with Gasteiger partial charge in [0, 0.05) is 38.1 Å². The van der Waals surface area contributed by atoms with Crippen molar-refractivity contribution in [2.24, 2.45) is 0 Å². The number of carbonyl (C=O) groups is 1. The summed E-state index contributed by atoms with van der Waals surface area (Å²) in [5, 5.41) is 2.28. The van der Waals surface area contributed by atoms with Crippen molar-refractivity contribution >= 4 is 28.1 Å². The number of anilines is 2. The molecule has 0 aliphatic carbocycles. The molecule has 31 heavy (non-hydrogen) atoms. The van der Waals surface area contributed by atoms with Gasteiger partial charge in [-0.25, -0.2) is 0 Å². The Hall–Kier alpha value is -3.05. The van der Waals surface area contributed by atoms with E-state index in [2.05, 4.69) is 40.1 Å². The number of para-hydroxylation sites is 2. The van der Waals surface area contributed by atoms with E-state index in [9.17, 15) is 4.79 Å². The van der Waals surface area contributed by atoms with Crippen LogP contribution in [-0.4, -0.2) is 56.7 Å². The predicted octanol–water partition coefficient (Wildman–Crippen LogP) is 4.41. The van der Waals surface area contributed by atoms with Gasteiger partial charge >= 0.3 is 0 Å². The summed E-state index contributed by atoms with van der Waals surface area (Å²) in [7, 11) is 0. The second kappa shape index (κ2) is 9.84. The number of nitrogens with zero attached hydrogens (tertiary/aromatic N) is 3. The molecule has 1 amide bonds. The quantitative estimate of drug-likeness (QED) is 0.570. The van der Waals surface area contributed by atoms with Crippen molar-refractivity contribution in [1.82, 2.24) is 4.90 Å². The molecule has 0 bridgehead atoms. The average molecular weight is 418 g/mol. The number of carbonyl (C=O) groups excluding carboxylic acids is 1. The van der Waals surface area contributed by atoms with Gasteiger partial charge in [0.25, 0.3) is 0 Å². The smallest absolute Gasteiger partial charge is 0.241 e. The maximum atomic E-state index is 13.2. The van der Waals surface area contributed by atoms with E-state index in [4.69, 9.17) is 4.74 Å². The van der Waals surface area contributed by atoms with Crippen LogP contribution in [0.25, 0.3) is 10.8 Å². The molecule has 0 saturated carbocycles. The SMILES string of the molecule is CCOc1ccccc1N1CCN(CC(=O)N(CC)c2cccc3ccccc23)CC1. The minimum atomic E-state index is 0.155. The Bertz CT molecular complexity index is 1020. The van der Waals surface area contributed by atoms with Crippen LogP contribution >= 0.6 is 0 Å². The average Bonchev–Trinajstić information content (AvgIpc) is 2.81. The molecule has 3 aromatic carbocycles. The maximum Gasteiger partial charge on any atom is 0.241 e. The van der Waals surface area contributed by atoms with Crippen LogP contribution in [0.1, 0.15) is 13.8 Å². The first-order chi connectivity index (χ1) is 15.2. The molecular weight excluding hydrogens is 386 g/mol. The minimum Gasteiger partial charge on any atom is -0.492 e. The monoisotopic (exact) mass is 417 g/mol. The molecule has 1 heterocycles. The lowest BCUT2D eigenvalue weighted by Crippen LogP contribution is -2.50. The number of piperazine rings is 1. The summed E-state index contributed by atoms with van der Waals surface area (Å²) in [5.74, 6) is 1.09. The van der Waals surface area contributed by atoms with E-state index in [1.54, 1.807) is 0 Å². The van der Waals surface area contributed by atoms with Gasteiger partial charge in [-0.15, -0.1) is 0 Å². The normalized spacial score (nSPS) is 14.6. The summed E-state index contributed by atoms with van der Waals surface area (Å²) in [6.07, 6.45) is 0. The molecule has 0 N–H and O–H groups in total. The minimum absolute atomic E-state index is 0.155. The van der Waals surface area contributed by atoms with Crippen LogP contribution in [0, 0.1) is 0 Å². The number of rotatable bonds is 7. The zero-order valence-corrected chi connectivity index (χ0v) is 18.5. The maximum absolute atomic E-state index is 13.2. The van der Waals surface area contributed by atoms with Crippen molar-refractivity contribution in [3.05, 3.63) is 66.7 Å². The highest BCUT2D eigenvalue weighted by Crippen LogP contribution is 2.29. The molecule has 0 aromatic heterocycles. The van der Waals surface area contributed by atoms with E-state index >= 15 is 0 Å². The first-order valence-corrected chi connectivity index (χ1v) is 11.2. The van der Waals surface area contributed by atoms with Crippen molar-refractivity contribution in [1.29, 1.82) is 0 Å². The molecule has 1 fully saturated rings. The van der Waals surface area contributed by atoms with Crippen LogP contribution in [-0.2, 0) is 4.79 Å². The molecule has 5 nitrogen and oxygen atoms in total. The standard InChI is InChI=1S/C26H31N3O2/c1-3-29(23-14-9-11-21-10-5-6-12-22(21)23)26(30)20-27-16-18-28(19-17-27)24-13-7-8-15-25(24)31-4-2/h5-15H,3-4,16-20H2,1-2H3. The van der Waals surface area contributed by atoms with Gasteiger partial charge in [0.1, 0.15) is 5.75 Å². The fraction of sp³-hybridized carbons (Fsp3) is 0.346. The zero-order chi connectivity index (χ0) is 21.6. The first-order valence-electron chi connectivity index (χ1n) is 11.2. The van der Waals surface area contributed by atoms with Crippen molar-refractivity contribution in [3.8, 4) is 5.75 Å². The number of amides is 1. The van der Waals surface area contributed by atoms with Gasteiger partial charge in [-0.2, -0.15) is 0 Å². The van der Waals surface area contributed by atoms with Gasteiger partial charge in [0.15, 0.2) is 0 Å². The van der Waals surface area contributed by atoms with Gasteiger partial charge in [-0.1, -0.05) is 48.5 Å². The summed E-state index contributed by atoms with van der Waals surface area (Å²) in [6.45, 7) is 9.31. The van der Waals surface area contributed by atoms with Gasteiger partial charge in [-0.3, -0.25) is 9.69 Å². The first kappa shape index (κ1) is 21.2. The second-order valence-electron chi connectivity index (χ2n) is 7.80. The third-order valence-electron chi connectivity index (χ3n) is 5.91. The van der Waals surface area contributed by atoms with Crippen LogP contribution in [0.5, 0.6) is 5.75 Å². The van der Waals surface area contributed by atoms with Gasteiger partial charge < -0.3 is 14.5 Å². The van der Waals surface area contributed by atoms with E-state index in [-0.39, 0.29) is 5.91 Å². The molecular formula is C26H31N3O2. The molecule has 5 heteroatoms. The third-order valence-corrected chi connectivity index (χ3v) is 5.91. The fourth-order valence-electron chi connectivity index (χ4n) is 4.34. The number of ether oxygens (including phenoxy) is 1. The van der Waals surface area contributed by atoms with Gasteiger partial charge in [0.05, 0.1) is 24.5 Å². The fourth-order valence-corrected chi connectivity index (χ4v) is 4.34. The summed E-state index contributed by atoms with van der Waals surface area (Å²) in [6, 6.07) is 22.6. The van der Waals surface area contributed by atoms with E-state index < -0.39 is 0 Å².